The average Bonchev–Trinajstić information content (AvgIpc) is 3.13. The number of aliphatic hydroxyl groups excluding tert-OH is 1. The first-order valence-electron chi connectivity index (χ1n) is 8.20. The van der Waals surface area contributed by atoms with Gasteiger partial charge in [0.1, 0.15) is 6.10 Å². The van der Waals surface area contributed by atoms with Crippen molar-refractivity contribution in [2.75, 3.05) is 33.0 Å². The van der Waals surface area contributed by atoms with E-state index in [9.17, 15) is 9.90 Å². The van der Waals surface area contributed by atoms with Crippen LogP contribution in [-0.2, 0) is 23.8 Å². The van der Waals surface area contributed by atoms with Gasteiger partial charge < -0.3 is 19.3 Å². The molecule has 0 aromatic heterocycles. The van der Waals surface area contributed by atoms with Gasteiger partial charge in [-0.3, -0.25) is 4.84 Å². The minimum Gasteiger partial charge on any atom is -0.464 e. The number of nitrogens with zero attached hydrogens (tertiary/aromatic N) is 1. The smallest absolute Gasteiger partial charge is 0.338 e. The van der Waals surface area contributed by atoms with Crippen molar-refractivity contribution < 1.29 is 28.9 Å². The number of esters is 1. The van der Waals surface area contributed by atoms with E-state index in [1.807, 2.05) is 6.92 Å². The van der Waals surface area contributed by atoms with Crippen molar-refractivity contribution >= 4 is 5.97 Å². The molecule has 0 aromatic rings. The minimum atomic E-state index is -0.830. The zero-order valence-electron chi connectivity index (χ0n) is 13.8. The second-order valence-electron chi connectivity index (χ2n) is 5.74. The Balaban J connectivity index is 2.17. The molecule has 7 heteroatoms. The highest BCUT2D eigenvalue weighted by molar-refractivity contribution is 5.75. The van der Waals surface area contributed by atoms with Crippen LogP contribution in [0.1, 0.15) is 20.3 Å². The molecule has 0 amide bonds. The lowest BCUT2D eigenvalue weighted by Crippen LogP contribution is -2.52. The van der Waals surface area contributed by atoms with Gasteiger partial charge in [-0.05, 0) is 13.3 Å². The number of carbonyl (C=O) groups excluding carboxylic acids is 1. The first-order chi connectivity index (χ1) is 11.2. The van der Waals surface area contributed by atoms with E-state index in [1.54, 1.807) is 18.1 Å². The van der Waals surface area contributed by atoms with Crippen LogP contribution in [0.25, 0.3) is 0 Å². The Labute approximate surface area is 137 Å². The largest absolute Gasteiger partial charge is 0.464 e. The Morgan fingerprint density at radius 1 is 1.48 bits per heavy atom. The molecule has 7 nitrogen and oxygen atoms in total. The molecule has 132 valence electrons. The van der Waals surface area contributed by atoms with Crippen molar-refractivity contribution in [3.8, 4) is 0 Å². The lowest BCUT2D eigenvalue weighted by atomic mass is 9.95. The third-order valence-electron chi connectivity index (χ3n) is 4.31. The predicted molar refractivity (Wildman–Crippen MR) is 82.5 cm³/mol. The maximum absolute atomic E-state index is 12.3. The van der Waals surface area contributed by atoms with E-state index in [0.717, 1.165) is 6.42 Å². The van der Waals surface area contributed by atoms with Gasteiger partial charge in [-0.25, -0.2) is 4.79 Å². The van der Waals surface area contributed by atoms with Crippen LogP contribution in [0, 0.1) is 5.92 Å². The van der Waals surface area contributed by atoms with E-state index in [4.69, 9.17) is 19.0 Å². The summed E-state index contributed by atoms with van der Waals surface area (Å²) in [6.45, 7) is 8.88. The summed E-state index contributed by atoms with van der Waals surface area (Å²) in [5.41, 5.74) is 0. The van der Waals surface area contributed by atoms with Crippen LogP contribution in [0.4, 0.5) is 0 Å². The highest BCUT2D eigenvalue weighted by Crippen LogP contribution is 2.36. The zero-order chi connectivity index (χ0) is 16.8. The predicted octanol–water partition coefficient (Wildman–Crippen LogP) is 0.522. The van der Waals surface area contributed by atoms with E-state index in [1.165, 1.54) is 0 Å². The summed E-state index contributed by atoms with van der Waals surface area (Å²) in [6, 6.07) is -0.261. The lowest BCUT2D eigenvalue weighted by molar-refractivity contribution is -0.204. The van der Waals surface area contributed by atoms with Gasteiger partial charge in [0.15, 0.2) is 6.10 Å². The number of hydrogen-bond donors (Lipinski definition) is 1. The minimum absolute atomic E-state index is 0.00989. The molecule has 2 heterocycles. The van der Waals surface area contributed by atoms with Crippen LogP contribution in [0.2, 0.25) is 0 Å². The monoisotopic (exact) mass is 329 g/mol. The Morgan fingerprint density at radius 3 is 2.87 bits per heavy atom. The number of fused-ring (bicyclic) bond motifs is 1. The van der Waals surface area contributed by atoms with E-state index in [2.05, 4.69) is 6.58 Å². The van der Waals surface area contributed by atoms with Gasteiger partial charge in [-0.1, -0.05) is 13.0 Å². The SMILES string of the molecule is C=CCO[C@@H](C(=O)OCC)[C@H]1OC[C@@H]2CON([C@@H](CC)CO)[C@@H]21. The van der Waals surface area contributed by atoms with Crippen LogP contribution in [0.5, 0.6) is 0 Å². The maximum atomic E-state index is 12.3. The highest BCUT2D eigenvalue weighted by atomic mass is 16.7. The fourth-order valence-corrected chi connectivity index (χ4v) is 3.17. The third kappa shape index (κ3) is 3.92. The van der Waals surface area contributed by atoms with Gasteiger partial charge in [-0.2, -0.15) is 5.06 Å². The molecule has 2 aliphatic heterocycles. The van der Waals surface area contributed by atoms with E-state index in [-0.39, 0.29) is 37.8 Å². The zero-order valence-corrected chi connectivity index (χ0v) is 13.8. The molecular formula is C16H27NO6. The molecule has 0 aliphatic carbocycles. The molecule has 2 aliphatic rings. The highest BCUT2D eigenvalue weighted by Gasteiger charge is 2.53. The van der Waals surface area contributed by atoms with Gasteiger partial charge in [0.25, 0.3) is 0 Å². The summed E-state index contributed by atoms with van der Waals surface area (Å²) in [5.74, 6) is -0.284. The number of hydrogen-bond acceptors (Lipinski definition) is 7. The van der Waals surface area contributed by atoms with Crippen molar-refractivity contribution in [1.29, 1.82) is 0 Å². The van der Waals surface area contributed by atoms with Crippen LogP contribution in [-0.4, -0.2) is 73.5 Å². The van der Waals surface area contributed by atoms with Crippen LogP contribution >= 0.6 is 0 Å². The molecule has 0 unspecified atom stereocenters. The molecule has 0 aromatic carbocycles. The van der Waals surface area contributed by atoms with Crippen molar-refractivity contribution in [1.82, 2.24) is 5.06 Å². The molecule has 5 atom stereocenters. The summed E-state index contributed by atoms with van der Waals surface area (Å²) in [6.07, 6.45) is 1.01. The summed E-state index contributed by atoms with van der Waals surface area (Å²) in [4.78, 5) is 18.0. The molecule has 23 heavy (non-hydrogen) atoms. The quantitative estimate of drug-likeness (QED) is 0.488. The number of aliphatic hydroxyl groups is 1. The van der Waals surface area contributed by atoms with Crippen molar-refractivity contribution in [2.45, 2.75) is 44.6 Å². The number of hydroxylamine groups is 2. The first kappa shape index (κ1) is 18.4. The van der Waals surface area contributed by atoms with Gasteiger partial charge >= 0.3 is 5.97 Å². The van der Waals surface area contributed by atoms with Crippen molar-refractivity contribution in [3.05, 3.63) is 12.7 Å². The molecular weight excluding hydrogens is 302 g/mol. The van der Waals surface area contributed by atoms with E-state index < -0.39 is 18.2 Å². The second-order valence-corrected chi connectivity index (χ2v) is 5.74. The normalized spacial score (nSPS) is 30.0. The van der Waals surface area contributed by atoms with Gasteiger partial charge in [0.2, 0.25) is 0 Å². The molecule has 2 fully saturated rings. The van der Waals surface area contributed by atoms with Crippen molar-refractivity contribution in [2.24, 2.45) is 5.92 Å². The fourth-order valence-electron chi connectivity index (χ4n) is 3.17. The van der Waals surface area contributed by atoms with Crippen LogP contribution in [0.15, 0.2) is 12.7 Å². The Hall–Kier alpha value is -0.990. The molecule has 2 saturated heterocycles. The summed E-state index contributed by atoms with van der Waals surface area (Å²) in [7, 11) is 0. The van der Waals surface area contributed by atoms with Gasteiger partial charge in [0, 0.05) is 5.92 Å². The van der Waals surface area contributed by atoms with Crippen molar-refractivity contribution in [3.63, 3.8) is 0 Å². The molecule has 0 spiro atoms. The molecule has 2 rings (SSSR count). The first-order valence-corrected chi connectivity index (χ1v) is 8.20. The van der Waals surface area contributed by atoms with E-state index in [0.29, 0.717) is 13.2 Å². The van der Waals surface area contributed by atoms with Gasteiger partial charge in [0.05, 0.1) is 45.1 Å². The molecule has 0 saturated carbocycles. The fraction of sp³-hybridized carbons (Fsp3) is 0.812. The molecule has 0 bridgehead atoms. The summed E-state index contributed by atoms with van der Waals surface area (Å²) in [5, 5.41) is 11.4. The number of carbonyl (C=O) groups is 1. The second kappa shape index (κ2) is 8.75. The molecule has 1 N–H and O–H groups in total. The summed E-state index contributed by atoms with van der Waals surface area (Å²) < 4.78 is 16.6. The van der Waals surface area contributed by atoms with Crippen LogP contribution < -0.4 is 0 Å². The summed E-state index contributed by atoms with van der Waals surface area (Å²) >= 11 is 0. The van der Waals surface area contributed by atoms with Gasteiger partial charge in [-0.15, -0.1) is 6.58 Å². The van der Waals surface area contributed by atoms with Crippen LogP contribution in [0.3, 0.4) is 0 Å². The lowest BCUT2D eigenvalue weighted by Gasteiger charge is -2.34. The topological polar surface area (TPSA) is 77.5 Å². The Morgan fingerprint density at radius 2 is 2.26 bits per heavy atom. The van der Waals surface area contributed by atoms with E-state index >= 15 is 0 Å². The molecule has 0 radical (unpaired) electrons. The Bertz CT molecular complexity index is 400. The number of ether oxygens (including phenoxy) is 3. The Kier molecular flexibility index (Phi) is 6.98. The third-order valence-corrected chi connectivity index (χ3v) is 4.31. The average molecular weight is 329 g/mol. The number of rotatable bonds is 9. The standard InChI is InChI=1S/C16H27NO6/c1-4-7-21-15(16(19)20-6-3)14-13-11(9-22-14)10-23-17(13)12(5-2)8-18/h4,11-15,18H,1,5-10H2,2-3H3/t11-,12+,13+,14+,15-/m1/s1. The maximum Gasteiger partial charge on any atom is 0.338 e.